The third kappa shape index (κ3) is 5.21. The van der Waals surface area contributed by atoms with Crippen molar-refractivity contribution in [1.82, 2.24) is 0 Å². The van der Waals surface area contributed by atoms with Gasteiger partial charge in [0.1, 0.15) is 12.5 Å². The van der Waals surface area contributed by atoms with Crippen LogP contribution in [-0.2, 0) is 9.59 Å². The lowest BCUT2D eigenvalue weighted by atomic mass is 10.2. The van der Waals surface area contributed by atoms with Gasteiger partial charge in [-0.1, -0.05) is 23.9 Å². The molecule has 104 valence electrons. The van der Waals surface area contributed by atoms with E-state index in [1.165, 1.54) is 14.0 Å². The molecule has 0 aliphatic carbocycles. The van der Waals surface area contributed by atoms with Gasteiger partial charge in [0.2, 0.25) is 0 Å². The number of hydrogen-bond donors (Lipinski definition) is 1. The van der Waals surface area contributed by atoms with Crippen molar-refractivity contribution in [3.8, 4) is 11.5 Å². The highest BCUT2D eigenvalue weighted by atomic mass is 32.2. The standard InChI is InChI=1S/C13H16O5S/c1-9(14)19-8-10(13(15)16)7-18-12-6-4-3-5-11(12)17-2/h3-6,10H,7-8H2,1-2H3,(H,15,16). The van der Waals surface area contributed by atoms with Gasteiger partial charge >= 0.3 is 5.97 Å². The maximum Gasteiger partial charge on any atom is 0.310 e. The van der Waals surface area contributed by atoms with Crippen molar-refractivity contribution in [2.75, 3.05) is 19.5 Å². The van der Waals surface area contributed by atoms with Gasteiger partial charge in [0, 0.05) is 12.7 Å². The first-order valence-corrected chi connectivity index (χ1v) is 6.65. The zero-order chi connectivity index (χ0) is 14.3. The Labute approximate surface area is 115 Å². The zero-order valence-electron chi connectivity index (χ0n) is 10.8. The molecule has 1 atom stereocenters. The van der Waals surface area contributed by atoms with Crippen molar-refractivity contribution in [2.24, 2.45) is 5.92 Å². The van der Waals surface area contributed by atoms with Crippen molar-refractivity contribution in [1.29, 1.82) is 0 Å². The summed E-state index contributed by atoms with van der Waals surface area (Å²) in [6.07, 6.45) is 0. The van der Waals surface area contributed by atoms with E-state index >= 15 is 0 Å². The third-order valence-electron chi connectivity index (χ3n) is 2.35. The highest BCUT2D eigenvalue weighted by Crippen LogP contribution is 2.26. The predicted octanol–water partition coefficient (Wildman–Crippen LogP) is 2.05. The summed E-state index contributed by atoms with van der Waals surface area (Å²) in [6.45, 7) is 1.40. The molecule has 1 aromatic carbocycles. The fourth-order valence-corrected chi connectivity index (χ4v) is 2.01. The molecule has 0 bridgehead atoms. The summed E-state index contributed by atoms with van der Waals surface area (Å²) in [7, 11) is 1.52. The van der Waals surface area contributed by atoms with Crippen LogP contribution >= 0.6 is 11.8 Å². The summed E-state index contributed by atoms with van der Waals surface area (Å²) in [4.78, 5) is 21.9. The molecular weight excluding hydrogens is 268 g/mol. The summed E-state index contributed by atoms with van der Waals surface area (Å²) in [5.41, 5.74) is 0. The molecule has 0 heterocycles. The fraction of sp³-hybridized carbons (Fsp3) is 0.385. The second-order valence-corrected chi connectivity index (χ2v) is 5.00. The van der Waals surface area contributed by atoms with Gasteiger partial charge in [0.05, 0.1) is 7.11 Å². The lowest BCUT2D eigenvalue weighted by Gasteiger charge is -2.14. The maximum absolute atomic E-state index is 11.1. The molecule has 0 aliphatic rings. The molecule has 0 radical (unpaired) electrons. The van der Waals surface area contributed by atoms with Crippen LogP contribution in [0.4, 0.5) is 0 Å². The number of aliphatic carboxylic acids is 1. The van der Waals surface area contributed by atoms with Gasteiger partial charge in [-0.3, -0.25) is 9.59 Å². The van der Waals surface area contributed by atoms with Crippen molar-refractivity contribution in [2.45, 2.75) is 6.92 Å². The van der Waals surface area contributed by atoms with E-state index in [4.69, 9.17) is 14.6 Å². The van der Waals surface area contributed by atoms with E-state index in [9.17, 15) is 9.59 Å². The maximum atomic E-state index is 11.1. The summed E-state index contributed by atoms with van der Waals surface area (Å²) in [5, 5.41) is 8.95. The number of carboxylic acids is 1. The number of carboxylic acid groups (broad SMARTS) is 1. The summed E-state index contributed by atoms with van der Waals surface area (Å²) >= 11 is 0.982. The molecule has 0 fully saturated rings. The molecule has 0 saturated carbocycles. The monoisotopic (exact) mass is 284 g/mol. The van der Waals surface area contributed by atoms with E-state index < -0.39 is 11.9 Å². The Hall–Kier alpha value is -1.69. The number of hydrogen-bond acceptors (Lipinski definition) is 5. The van der Waals surface area contributed by atoms with E-state index in [-0.39, 0.29) is 17.5 Å². The molecule has 1 aromatic rings. The Morgan fingerprint density at radius 2 is 1.95 bits per heavy atom. The topological polar surface area (TPSA) is 72.8 Å². The quantitative estimate of drug-likeness (QED) is 0.826. The number of benzene rings is 1. The molecule has 6 heteroatoms. The lowest BCUT2D eigenvalue weighted by Crippen LogP contribution is -2.24. The van der Waals surface area contributed by atoms with Gasteiger partial charge in [0.25, 0.3) is 0 Å². The van der Waals surface area contributed by atoms with E-state index in [1.54, 1.807) is 24.3 Å². The van der Waals surface area contributed by atoms with E-state index in [0.717, 1.165) is 11.8 Å². The van der Waals surface area contributed by atoms with Crippen LogP contribution in [-0.4, -0.2) is 35.7 Å². The van der Waals surface area contributed by atoms with Crippen LogP contribution in [0.2, 0.25) is 0 Å². The molecule has 5 nitrogen and oxygen atoms in total. The van der Waals surface area contributed by atoms with Crippen molar-refractivity contribution < 1.29 is 24.2 Å². The van der Waals surface area contributed by atoms with Crippen LogP contribution in [0.25, 0.3) is 0 Å². The molecule has 0 amide bonds. The smallest absolute Gasteiger partial charge is 0.310 e. The average molecular weight is 284 g/mol. The van der Waals surface area contributed by atoms with E-state index in [0.29, 0.717) is 11.5 Å². The molecular formula is C13H16O5S. The van der Waals surface area contributed by atoms with Gasteiger partial charge < -0.3 is 14.6 Å². The normalized spacial score (nSPS) is 11.7. The SMILES string of the molecule is COc1ccccc1OCC(CSC(C)=O)C(=O)O. The third-order valence-corrected chi connectivity index (χ3v) is 3.32. The highest BCUT2D eigenvalue weighted by Gasteiger charge is 2.20. The number of rotatable bonds is 7. The Morgan fingerprint density at radius 1 is 1.32 bits per heavy atom. The summed E-state index contributed by atoms with van der Waals surface area (Å²) < 4.78 is 10.6. The molecule has 0 aromatic heterocycles. The molecule has 0 aliphatic heterocycles. The largest absolute Gasteiger partial charge is 0.493 e. The van der Waals surface area contributed by atoms with Crippen molar-refractivity contribution >= 4 is 22.8 Å². The molecule has 1 unspecified atom stereocenters. The van der Waals surface area contributed by atoms with Crippen LogP contribution in [0.3, 0.4) is 0 Å². The molecule has 19 heavy (non-hydrogen) atoms. The minimum Gasteiger partial charge on any atom is -0.493 e. The highest BCUT2D eigenvalue weighted by molar-refractivity contribution is 8.13. The first kappa shape index (κ1) is 15.4. The van der Waals surface area contributed by atoms with Crippen LogP contribution in [0.15, 0.2) is 24.3 Å². The van der Waals surface area contributed by atoms with Crippen LogP contribution < -0.4 is 9.47 Å². The Kier molecular flexibility index (Phi) is 6.21. The summed E-state index contributed by atoms with van der Waals surface area (Å²) in [6, 6.07) is 7.01. The van der Waals surface area contributed by atoms with Gasteiger partial charge in [-0.05, 0) is 12.1 Å². The van der Waals surface area contributed by atoms with Crippen LogP contribution in [0, 0.1) is 5.92 Å². The zero-order valence-corrected chi connectivity index (χ0v) is 11.6. The molecule has 1 N–H and O–H groups in total. The van der Waals surface area contributed by atoms with Gasteiger partial charge in [-0.2, -0.15) is 0 Å². The van der Waals surface area contributed by atoms with Gasteiger partial charge in [-0.25, -0.2) is 0 Å². The van der Waals surface area contributed by atoms with Crippen molar-refractivity contribution in [3.05, 3.63) is 24.3 Å². The molecule has 1 rings (SSSR count). The number of methoxy groups -OCH3 is 1. The summed E-state index contributed by atoms with van der Waals surface area (Å²) in [5.74, 6) is -0.489. The minimum absolute atomic E-state index is 0.00398. The van der Waals surface area contributed by atoms with E-state index in [1.807, 2.05) is 0 Å². The Bertz CT molecular complexity index is 446. The number of ether oxygens (including phenoxy) is 2. The van der Waals surface area contributed by atoms with Crippen molar-refractivity contribution in [3.63, 3.8) is 0 Å². The number of para-hydroxylation sites is 2. The fourth-order valence-electron chi connectivity index (χ4n) is 1.34. The second kappa shape index (κ2) is 7.68. The first-order valence-electron chi connectivity index (χ1n) is 5.66. The second-order valence-electron chi connectivity index (χ2n) is 3.80. The molecule has 0 spiro atoms. The average Bonchev–Trinajstić information content (AvgIpc) is 2.38. The minimum atomic E-state index is -0.983. The first-order chi connectivity index (χ1) is 9.04. The Balaban J connectivity index is 2.60. The predicted molar refractivity (Wildman–Crippen MR) is 72.8 cm³/mol. The number of carbonyl (C=O) groups excluding carboxylic acids is 1. The lowest BCUT2D eigenvalue weighted by molar-refractivity contribution is -0.141. The van der Waals surface area contributed by atoms with E-state index in [2.05, 4.69) is 0 Å². The molecule has 0 saturated heterocycles. The number of thioether (sulfide) groups is 1. The van der Waals surface area contributed by atoms with Gasteiger partial charge in [-0.15, -0.1) is 0 Å². The van der Waals surface area contributed by atoms with Gasteiger partial charge in [0.15, 0.2) is 16.6 Å². The number of carbonyl (C=O) groups is 2. The van der Waals surface area contributed by atoms with Crippen LogP contribution in [0.1, 0.15) is 6.92 Å². The Morgan fingerprint density at radius 3 is 2.47 bits per heavy atom. The van der Waals surface area contributed by atoms with Crippen LogP contribution in [0.5, 0.6) is 11.5 Å².